The molecule has 1 saturated heterocycles. The smallest absolute Gasteiger partial charge is 0.266 e. The van der Waals surface area contributed by atoms with Crippen LogP contribution in [0.2, 0.25) is 0 Å². The van der Waals surface area contributed by atoms with Crippen LogP contribution in [0.15, 0.2) is 47.4 Å². The standard InChI is InChI=1S/C21H19NO5S2/c1-25-16-9-13(10-17(26-2)19(16)27-3)11-18-20(24)22(21(28)29-18)12-15(23)14-7-5-4-6-8-14/h4-11H,12H2,1-3H3/b18-11+. The quantitative estimate of drug-likeness (QED) is 0.377. The molecule has 2 aromatic rings. The Bertz CT molecular complexity index is 963. The molecule has 1 amide bonds. The van der Waals surface area contributed by atoms with E-state index in [0.717, 1.165) is 11.8 Å². The summed E-state index contributed by atoms with van der Waals surface area (Å²) in [6.45, 7) is -0.0960. The lowest BCUT2D eigenvalue weighted by atomic mass is 10.1. The summed E-state index contributed by atoms with van der Waals surface area (Å²) in [6.07, 6.45) is 1.69. The van der Waals surface area contributed by atoms with Gasteiger partial charge in [0.1, 0.15) is 4.32 Å². The highest BCUT2D eigenvalue weighted by molar-refractivity contribution is 8.26. The number of nitrogens with zero attached hydrogens (tertiary/aromatic N) is 1. The first-order valence-electron chi connectivity index (χ1n) is 8.62. The Morgan fingerprint density at radius 2 is 1.69 bits per heavy atom. The maximum atomic E-state index is 12.8. The Morgan fingerprint density at radius 1 is 1.07 bits per heavy atom. The lowest BCUT2D eigenvalue weighted by Gasteiger charge is -2.14. The number of thioether (sulfide) groups is 1. The average molecular weight is 430 g/mol. The van der Waals surface area contributed by atoms with Crippen LogP contribution in [-0.4, -0.2) is 48.8 Å². The van der Waals surface area contributed by atoms with Gasteiger partial charge in [-0.3, -0.25) is 14.5 Å². The molecule has 0 N–H and O–H groups in total. The topological polar surface area (TPSA) is 65.1 Å². The number of hydrogen-bond acceptors (Lipinski definition) is 7. The first-order valence-corrected chi connectivity index (χ1v) is 9.84. The minimum absolute atomic E-state index is 0.0960. The van der Waals surface area contributed by atoms with Gasteiger partial charge in [0.25, 0.3) is 5.91 Å². The van der Waals surface area contributed by atoms with Crippen LogP contribution in [0.4, 0.5) is 0 Å². The lowest BCUT2D eigenvalue weighted by molar-refractivity contribution is -0.121. The van der Waals surface area contributed by atoms with E-state index in [0.29, 0.717) is 37.6 Å². The van der Waals surface area contributed by atoms with Gasteiger partial charge in [-0.25, -0.2) is 0 Å². The third kappa shape index (κ3) is 4.44. The Balaban J connectivity index is 1.85. The van der Waals surface area contributed by atoms with E-state index in [1.807, 2.05) is 6.07 Å². The molecule has 0 spiro atoms. The van der Waals surface area contributed by atoms with Crippen LogP contribution < -0.4 is 14.2 Å². The van der Waals surface area contributed by atoms with Gasteiger partial charge < -0.3 is 14.2 Å². The molecule has 0 aromatic heterocycles. The van der Waals surface area contributed by atoms with Gasteiger partial charge in [-0.15, -0.1) is 0 Å². The summed E-state index contributed by atoms with van der Waals surface area (Å²) in [4.78, 5) is 27.0. The van der Waals surface area contributed by atoms with Crippen LogP contribution in [0.5, 0.6) is 17.2 Å². The molecule has 29 heavy (non-hydrogen) atoms. The number of hydrogen-bond donors (Lipinski definition) is 0. The monoisotopic (exact) mass is 429 g/mol. The predicted molar refractivity (Wildman–Crippen MR) is 117 cm³/mol. The fraction of sp³-hybridized carbons (Fsp3) is 0.190. The molecule has 6 nitrogen and oxygen atoms in total. The number of thiocarbonyl (C=S) groups is 1. The molecule has 1 heterocycles. The molecule has 1 aliphatic heterocycles. The zero-order valence-electron chi connectivity index (χ0n) is 16.1. The zero-order valence-corrected chi connectivity index (χ0v) is 17.8. The highest BCUT2D eigenvalue weighted by Crippen LogP contribution is 2.40. The second kappa shape index (κ2) is 9.11. The van der Waals surface area contributed by atoms with Gasteiger partial charge >= 0.3 is 0 Å². The van der Waals surface area contributed by atoms with Crippen molar-refractivity contribution in [1.82, 2.24) is 4.90 Å². The van der Waals surface area contributed by atoms with Gasteiger partial charge in [0.15, 0.2) is 17.3 Å². The molecule has 0 saturated carbocycles. The van der Waals surface area contributed by atoms with Gasteiger partial charge in [0.05, 0.1) is 32.8 Å². The molecule has 3 rings (SSSR count). The van der Waals surface area contributed by atoms with Gasteiger partial charge in [-0.05, 0) is 23.8 Å². The number of ketones is 1. The van der Waals surface area contributed by atoms with Crippen molar-refractivity contribution in [3.8, 4) is 17.2 Å². The van der Waals surface area contributed by atoms with E-state index in [1.54, 1.807) is 42.5 Å². The zero-order chi connectivity index (χ0) is 21.0. The SMILES string of the molecule is COc1cc(/C=C2/SC(=S)N(CC(=O)c3ccccc3)C2=O)cc(OC)c1OC. The van der Waals surface area contributed by atoms with E-state index < -0.39 is 0 Å². The van der Waals surface area contributed by atoms with Crippen LogP contribution in [0.25, 0.3) is 6.08 Å². The number of carbonyl (C=O) groups is 2. The Hall–Kier alpha value is -2.84. The predicted octanol–water partition coefficient (Wildman–Crippen LogP) is 3.80. The lowest BCUT2D eigenvalue weighted by Crippen LogP contribution is -2.33. The summed E-state index contributed by atoms with van der Waals surface area (Å²) < 4.78 is 16.4. The normalized spacial score (nSPS) is 15.0. The number of benzene rings is 2. The third-order valence-corrected chi connectivity index (χ3v) is 5.63. The van der Waals surface area contributed by atoms with Crippen molar-refractivity contribution in [3.63, 3.8) is 0 Å². The number of ether oxygens (including phenoxy) is 3. The van der Waals surface area contributed by atoms with E-state index in [2.05, 4.69) is 0 Å². The summed E-state index contributed by atoms with van der Waals surface area (Å²) in [6, 6.07) is 12.3. The summed E-state index contributed by atoms with van der Waals surface area (Å²) >= 11 is 6.48. The first-order chi connectivity index (χ1) is 14.0. The summed E-state index contributed by atoms with van der Waals surface area (Å²) in [5, 5.41) is 0. The van der Waals surface area contributed by atoms with E-state index >= 15 is 0 Å². The van der Waals surface area contributed by atoms with Crippen molar-refractivity contribution in [3.05, 3.63) is 58.5 Å². The van der Waals surface area contributed by atoms with E-state index in [-0.39, 0.29) is 18.2 Å². The Kier molecular flexibility index (Phi) is 6.56. The highest BCUT2D eigenvalue weighted by atomic mass is 32.2. The molecule has 2 aromatic carbocycles. The largest absolute Gasteiger partial charge is 0.493 e. The number of rotatable bonds is 7. The van der Waals surface area contributed by atoms with Crippen molar-refractivity contribution < 1.29 is 23.8 Å². The number of amides is 1. The fourth-order valence-corrected chi connectivity index (χ4v) is 4.09. The number of Topliss-reactive ketones (excluding diaryl/α,β-unsaturated/α-hetero) is 1. The van der Waals surface area contributed by atoms with Gasteiger partial charge in [0.2, 0.25) is 5.75 Å². The Labute approximate surface area is 178 Å². The number of carbonyl (C=O) groups excluding carboxylic acids is 2. The second-order valence-corrected chi connectivity index (χ2v) is 7.69. The maximum Gasteiger partial charge on any atom is 0.266 e. The molecule has 0 unspecified atom stereocenters. The minimum Gasteiger partial charge on any atom is -0.493 e. The van der Waals surface area contributed by atoms with Crippen molar-refractivity contribution in [2.75, 3.05) is 27.9 Å². The first kappa shape index (κ1) is 20.9. The molecule has 0 bridgehead atoms. The highest BCUT2D eigenvalue weighted by Gasteiger charge is 2.33. The second-order valence-electron chi connectivity index (χ2n) is 6.02. The fourth-order valence-electron chi connectivity index (χ4n) is 2.83. The molecule has 150 valence electrons. The molecule has 0 aliphatic carbocycles. The van der Waals surface area contributed by atoms with Crippen LogP contribution >= 0.6 is 24.0 Å². The molecule has 8 heteroatoms. The molecule has 0 atom stereocenters. The van der Waals surface area contributed by atoms with Crippen molar-refractivity contribution in [2.24, 2.45) is 0 Å². The van der Waals surface area contributed by atoms with Crippen LogP contribution in [0.1, 0.15) is 15.9 Å². The maximum absolute atomic E-state index is 12.8. The van der Waals surface area contributed by atoms with Gasteiger partial charge in [-0.2, -0.15) is 0 Å². The van der Waals surface area contributed by atoms with E-state index in [4.69, 9.17) is 26.4 Å². The summed E-state index contributed by atoms with van der Waals surface area (Å²) in [5.41, 5.74) is 1.23. The molecule has 1 aliphatic rings. The molecule has 1 fully saturated rings. The Morgan fingerprint density at radius 3 is 2.24 bits per heavy atom. The van der Waals surface area contributed by atoms with Gasteiger partial charge in [-0.1, -0.05) is 54.3 Å². The summed E-state index contributed by atoms with van der Waals surface area (Å²) in [5.74, 6) is 0.947. The number of methoxy groups -OCH3 is 3. The van der Waals surface area contributed by atoms with Crippen LogP contribution in [0.3, 0.4) is 0 Å². The van der Waals surface area contributed by atoms with Crippen molar-refractivity contribution in [1.29, 1.82) is 0 Å². The molecular formula is C21H19NO5S2. The summed E-state index contributed by atoms with van der Waals surface area (Å²) in [7, 11) is 4.57. The van der Waals surface area contributed by atoms with E-state index in [1.165, 1.54) is 26.2 Å². The molecular weight excluding hydrogens is 410 g/mol. The van der Waals surface area contributed by atoms with E-state index in [9.17, 15) is 9.59 Å². The van der Waals surface area contributed by atoms with Crippen molar-refractivity contribution >= 4 is 46.1 Å². The minimum atomic E-state index is -0.307. The van der Waals surface area contributed by atoms with Crippen molar-refractivity contribution in [2.45, 2.75) is 0 Å². The third-order valence-electron chi connectivity index (χ3n) is 4.26. The van der Waals surface area contributed by atoms with Crippen LogP contribution in [0, 0.1) is 0 Å². The van der Waals surface area contributed by atoms with Gasteiger partial charge in [0, 0.05) is 5.56 Å². The van der Waals surface area contributed by atoms with Crippen LogP contribution in [-0.2, 0) is 4.79 Å². The average Bonchev–Trinajstić information content (AvgIpc) is 3.00. The molecule has 0 radical (unpaired) electrons.